The van der Waals surface area contributed by atoms with E-state index in [-0.39, 0.29) is 23.7 Å². The van der Waals surface area contributed by atoms with Crippen molar-refractivity contribution < 1.29 is 9.53 Å². The van der Waals surface area contributed by atoms with E-state index in [1.165, 1.54) is 0 Å². The van der Waals surface area contributed by atoms with Gasteiger partial charge in [-0.25, -0.2) is 0 Å². The lowest BCUT2D eigenvalue weighted by Gasteiger charge is -2.33. The fourth-order valence-electron chi connectivity index (χ4n) is 3.34. The van der Waals surface area contributed by atoms with Crippen LogP contribution in [0.4, 0.5) is 0 Å². The van der Waals surface area contributed by atoms with Crippen LogP contribution in [0.5, 0.6) is 0 Å². The average molecular weight is 311 g/mol. The van der Waals surface area contributed by atoms with Crippen molar-refractivity contribution in [2.45, 2.75) is 25.3 Å². The van der Waals surface area contributed by atoms with Gasteiger partial charge < -0.3 is 15.4 Å². The van der Waals surface area contributed by atoms with Gasteiger partial charge in [-0.15, -0.1) is 12.4 Å². The Hall–Kier alpha value is -1.10. The van der Waals surface area contributed by atoms with E-state index < -0.39 is 6.04 Å². The molecule has 2 saturated heterocycles. The highest BCUT2D eigenvalue weighted by molar-refractivity contribution is 5.85. The van der Waals surface area contributed by atoms with Crippen molar-refractivity contribution in [2.24, 2.45) is 11.1 Å². The fourth-order valence-corrected chi connectivity index (χ4v) is 3.34. The zero-order valence-electron chi connectivity index (χ0n) is 12.2. The number of amides is 1. The van der Waals surface area contributed by atoms with Crippen molar-refractivity contribution in [1.29, 1.82) is 0 Å². The number of likely N-dealkylation sites (tertiary alicyclic amines) is 1. The number of carbonyl (C=O) groups excluding carboxylic acids is 1. The first-order valence-corrected chi connectivity index (χ1v) is 7.37. The van der Waals surface area contributed by atoms with Crippen molar-refractivity contribution in [1.82, 2.24) is 4.90 Å². The van der Waals surface area contributed by atoms with E-state index in [4.69, 9.17) is 10.5 Å². The van der Waals surface area contributed by atoms with Crippen molar-refractivity contribution in [3.63, 3.8) is 0 Å². The molecule has 2 aliphatic rings. The molecular weight excluding hydrogens is 288 g/mol. The molecule has 5 heteroatoms. The third-order valence-corrected chi connectivity index (χ3v) is 4.73. The van der Waals surface area contributed by atoms with Crippen LogP contribution in [0.2, 0.25) is 0 Å². The molecule has 1 amide bonds. The molecule has 1 aromatic rings. The van der Waals surface area contributed by atoms with Gasteiger partial charge in [0.05, 0.1) is 0 Å². The van der Waals surface area contributed by atoms with Crippen LogP contribution in [0, 0.1) is 5.41 Å². The maximum atomic E-state index is 12.5. The van der Waals surface area contributed by atoms with Crippen LogP contribution in [0.25, 0.3) is 0 Å². The molecule has 2 heterocycles. The van der Waals surface area contributed by atoms with Gasteiger partial charge in [-0.1, -0.05) is 30.3 Å². The minimum atomic E-state index is -0.536. The molecule has 1 atom stereocenters. The van der Waals surface area contributed by atoms with Gasteiger partial charge in [0, 0.05) is 26.3 Å². The summed E-state index contributed by atoms with van der Waals surface area (Å²) >= 11 is 0. The normalized spacial score (nSPS) is 21.9. The van der Waals surface area contributed by atoms with Crippen LogP contribution in [0.3, 0.4) is 0 Å². The Morgan fingerprint density at radius 3 is 2.52 bits per heavy atom. The van der Waals surface area contributed by atoms with Crippen LogP contribution in [0.1, 0.15) is 30.9 Å². The molecule has 1 aromatic carbocycles. The van der Waals surface area contributed by atoms with Gasteiger partial charge >= 0.3 is 0 Å². The molecule has 4 nitrogen and oxygen atoms in total. The Kier molecular flexibility index (Phi) is 5.25. The molecule has 2 fully saturated rings. The van der Waals surface area contributed by atoms with E-state index in [0.717, 1.165) is 51.1 Å². The number of rotatable bonds is 2. The summed E-state index contributed by atoms with van der Waals surface area (Å²) in [4.78, 5) is 14.5. The Morgan fingerprint density at radius 1 is 1.19 bits per heavy atom. The van der Waals surface area contributed by atoms with E-state index in [9.17, 15) is 4.79 Å². The summed E-state index contributed by atoms with van der Waals surface area (Å²) in [5.74, 6) is 0.0552. The van der Waals surface area contributed by atoms with Crippen molar-refractivity contribution in [3.05, 3.63) is 35.9 Å². The first-order chi connectivity index (χ1) is 9.70. The number of carbonyl (C=O) groups is 1. The number of nitrogens with zero attached hydrogens (tertiary/aromatic N) is 1. The minimum Gasteiger partial charge on any atom is -0.381 e. The molecule has 1 unspecified atom stereocenters. The standard InChI is InChI=1S/C16H22N2O2.ClH/c17-14(13-4-2-1-3-5-13)15(19)18-9-6-16(12-18)7-10-20-11-8-16;/h1-5,14H,6-12,17H2;1H. The van der Waals surface area contributed by atoms with Crippen LogP contribution in [0.15, 0.2) is 30.3 Å². The summed E-state index contributed by atoms with van der Waals surface area (Å²) in [6, 6.07) is 9.09. The van der Waals surface area contributed by atoms with Gasteiger partial charge in [-0.3, -0.25) is 4.79 Å². The second kappa shape index (κ2) is 6.77. The molecule has 21 heavy (non-hydrogen) atoms. The van der Waals surface area contributed by atoms with Gasteiger partial charge in [0.2, 0.25) is 5.91 Å². The summed E-state index contributed by atoms with van der Waals surface area (Å²) in [5.41, 5.74) is 7.30. The topological polar surface area (TPSA) is 55.6 Å². The Balaban J connectivity index is 0.00000161. The second-order valence-corrected chi connectivity index (χ2v) is 6.01. The average Bonchev–Trinajstić information content (AvgIpc) is 2.91. The van der Waals surface area contributed by atoms with Crippen LogP contribution in [-0.4, -0.2) is 37.1 Å². The molecule has 2 N–H and O–H groups in total. The molecule has 0 aromatic heterocycles. The van der Waals surface area contributed by atoms with Crippen molar-refractivity contribution >= 4 is 18.3 Å². The Labute approximate surface area is 132 Å². The van der Waals surface area contributed by atoms with Crippen molar-refractivity contribution in [2.75, 3.05) is 26.3 Å². The Bertz CT molecular complexity index is 474. The van der Waals surface area contributed by atoms with Crippen LogP contribution >= 0.6 is 12.4 Å². The van der Waals surface area contributed by atoms with E-state index in [1.54, 1.807) is 0 Å². The molecule has 3 rings (SSSR count). The fraction of sp³-hybridized carbons (Fsp3) is 0.562. The number of ether oxygens (including phenoxy) is 1. The predicted octanol–water partition coefficient (Wildman–Crippen LogP) is 2.14. The molecule has 0 bridgehead atoms. The summed E-state index contributed by atoms with van der Waals surface area (Å²) in [6.07, 6.45) is 3.22. The molecular formula is C16H23ClN2O2. The summed E-state index contributed by atoms with van der Waals surface area (Å²) in [5, 5.41) is 0. The van der Waals surface area contributed by atoms with E-state index >= 15 is 0 Å². The van der Waals surface area contributed by atoms with Gasteiger partial charge in [-0.05, 0) is 30.2 Å². The molecule has 2 aliphatic heterocycles. The number of hydrogen-bond donors (Lipinski definition) is 1. The lowest BCUT2D eigenvalue weighted by molar-refractivity contribution is -0.132. The van der Waals surface area contributed by atoms with Gasteiger partial charge in [0.25, 0.3) is 0 Å². The first-order valence-electron chi connectivity index (χ1n) is 7.37. The second-order valence-electron chi connectivity index (χ2n) is 6.01. The zero-order chi connectivity index (χ0) is 14.0. The van der Waals surface area contributed by atoms with Crippen molar-refractivity contribution in [3.8, 4) is 0 Å². The lowest BCUT2D eigenvalue weighted by atomic mass is 9.80. The van der Waals surface area contributed by atoms with E-state index in [1.807, 2.05) is 35.2 Å². The Morgan fingerprint density at radius 2 is 1.86 bits per heavy atom. The highest BCUT2D eigenvalue weighted by atomic mass is 35.5. The third kappa shape index (κ3) is 3.39. The first kappa shape index (κ1) is 16.3. The van der Waals surface area contributed by atoms with Crippen LogP contribution in [-0.2, 0) is 9.53 Å². The van der Waals surface area contributed by atoms with E-state index in [0.29, 0.717) is 0 Å². The predicted molar refractivity (Wildman–Crippen MR) is 84.3 cm³/mol. The monoisotopic (exact) mass is 310 g/mol. The molecule has 1 spiro atoms. The molecule has 0 aliphatic carbocycles. The zero-order valence-corrected chi connectivity index (χ0v) is 13.0. The number of benzene rings is 1. The number of hydrogen-bond acceptors (Lipinski definition) is 3. The number of halogens is 1. The smallest absolute Gasteiger partial charge is 0.244 e. The SMILES string of the molecule is Cl.NC(C(=O)N1CCC2(CCOCC2)C1)c1ccccc1. The molecule has 0 saturated carbocycles. The highest BCUT2D eigenvalue weighted by Gasteiger charge is 2.41. The maximum absolute atomic E-state index is 12.5. The van der Waals surface area contributed by atoms with Gasteiger partial charge in [0.15, 0.2) is 0 Å². The third-order valence-electron chi connectivity index (χ3n) is 4.73. The minimum absolute atomic E-state index is 0. The lowest BCUT2D eigenvalue weighted by Crippen LogP contribution is -2.39. The maximum Gasteiger partial charge on any atom is 0.244 e. The van der Waals surface area contributed by atoms with Gasteiger partial charge in [0.1, 0.15) is 6.04 Å². The quantitative estimate of drug-likeness (QED) is 0.910. The summed E-state index contributed by atoms with van der Waals surface area (Å²) < 4.78 is 5.44. The summed E-state index contributed by atoms with van der Waals surface area (Å²) in [6.45, 7) is 3.33. The molecule has 116 valence electrons. The van der Waals surface area contributed by atoms with Gasteiger partial charge in [-0.2, -0.15) is 0 Å². The van der Waals surface area contributed by atoms with E-state index in [2.05, 4.69) is 0 Å². The van der Waals surface area contributed by atoms with Crippen LogP contribution < -0.4 is 5.73 Å². The largest absolute Gasteiger partial charge is 0.381 e. The molecule has 0 radical (unpaired) electrons. The summed E-state index contributed by atoms with van der Waals surface area (Å²) in [7, 11) is 0. The number of nitrogens with two attached hydrogens (primary N) is 1. The highest BCUT2D eigenvalue weighted by Crippen LogP contribution is 2.40.